The number of nitro groups is 1. The lowest BCUT2D eigenvalue weighted by atomic mass is 10.1. The largest absolute Gasteiger partial charge is 0.490 e. The molecule has 0 aromatic heterocycles. The van der Waals surface area contributed by atoms with Crippen LogP contribution in [-0.4, -0.2) is 37.1 Å². The SMILES string of the molecule is O=C(Nc1ccc2c(c1)OCCCO2)c1ccc(N2CCCC2)c([N+](=O)[O-])c1. The highest BCUT2D eigenvalue weighted by atomic mass is 16.6. The van der Waals surface area contributed by atoms with Crippen LogP contribution in [0.5, 0.6) is 11.5 Å². The van der Waals surface area contributed by atoms with Crippen LogP contribution in [0.4, 0.5) is 17.1 Å². The summed E-state index contributed by atoms with van der Waals surface area (Å²) in [6.07, 6.45) is 2.83. The summed E-state index contributed by atoms with van der Waals surface area (Å²) in [7, 11) is 0. The predicted molar refractivity (Wildman–Crippen MR) is 105 cm³/mol. The van der Waals surface area contributed by atoms with Crippen LogP contribution < -0.4 is 19.7 Å². The molecule has 0 unspecified atom stereocenters. The highest BCUT2D eigenvalue weighted by molar-refractivity contribution is 6.05. The minimum atomic E-state index is -0.433. The number of hydrogen-bond donors (Lipinski definition) is 1. The third-order valence-corrected chi connectivity index (χ3v) is 4.89. The van der Waals surface area contributed by atoms with Crippen molar-refractivity contribution in [3.05, 3.63) is 52.1 Å². The van der Waals surface area contributed by atoms with E-state index in [9.17, 15) is 14.9 Å². The average Bonchev–Trinajstić information content (AvgIpc) is 3.13. The second-order valence-electron chi connectivity index (χ2n) is 6.82. The Morgan fingerprint density at radius 3 is 2.50 bits per heavy atom. The third kappa shape index (κ3) is 3.71. The molecule has 1 fully saturated rings. The van der Waals surface area contributed by atoms with Gasteiger partial charge < -0.3 is 19.7 Å². The van der Waals surface area contributed by atoms with E-state index in [2.05, 4.69) is 5.32 Å². The van der Waals surface area contributed by atoms with Gasteiger partial charge in [0.15, 0.2) is 11.5 Å². The molecule has 8 heteroatoms. The van der Waals surface area contributed by atoms with Gasteiger partial charge in [-0.25, -0.2) is 0 Å². The smallest absolute Gasteiger partial charge is 0.293 e. The molecule has 28 heavy (non-hydrogen) atoms. The van der Waals surface area contributed by atoms with Crippen LogP contribution >= 0.6 is 0 Å². The minimum absolute atomic E-state index is 0.0480. The van der Waals surface area contributed by atoms with Crippen molar-refractivity contribution in [1.82, 2.24) is 0 Å². The summed E-state index contributed by atoms with van der Waals surface area (Å²) in [5.41, 5.74) is 1.30. The van der Waals surface area contributed by atoms with Gasteiger partial charge in [0.2, 0.25) is 0 Å². The fourth-order valence-electron chi connectivity index (χ4n) is 3.48. The number of nitrogens with zero attached hydrogens (tertiary/aromatic N) is 2. The quantitative estimate of drug-likeness (QED) is 0.640. The number of fused-ring (bicyclic) bond motifs is 1. The van der Waals surface area contributed by atoms with E-state index in [4.69, 9.17) is 9.47 Å². The number of hydrogen-bond acceptors (Lipinski definition) is 6. The molecule has 4 rings (SSSR count). The van der Waals surface area contributed by atoms with Gasteiger partial charge in [-0.1, -0.05) is 0 Å². The van der Waals surface area contributed by atoms with E-state index in [1.54, 1.807) is 30.3 Å². The Bertz CT molecular complexity index is 909. The Labute approximate surface area is 162 Å². The zero-order valence-electron chi connectivity index (χ0n) is 15.3. The number of benzene rings is 2. The Hall–Kier alpha value is -3.29. The van der Waals surface area contributed by atoms with Crippen molar-refractivity contribution in [3.63, 3.8) is 0 Å². The Balaban J connectivity index is 1.55. The highest BCUT2D eigenvalue weighted by Gasteiger charge is 2.24. The van der Waals surface area contributed by atoms with E-state index in [0.29, 0.717) is 36.1 Å². The molecule has 2 aliphatic heterocycles. The molecule has 0 spiro atoms. The number of anilines is 2. The van der Waals surface area contributed by atoms with Crippen molar-refractivity contribution in [1.29, 1.82) is 0 Å². The second-order valence-corrected chi connectivity index (χ2v) is 6.82. The summed E-state index contributed by atoms with van der Waals surface area (Å²) >= 11 is 0. The first-order valence-corrected chi connectivity index (χ1v) is 9.36. The molecule has 0 aliphatic carbocycles. The van der Waals surface area contributed by atoms with Crippen molar-refractivity contribution < 1.29 is 19.2 Å². The number of ether oxygens (including phenoxy) is 2. The monoisotopic (exact) mass is 383 g/mol. The summed E-state index contributed by atoms with van der Waals surface area (Å²) < 4.78 is 11.2. The maximum absolute atomic E-state index is 12.6. The van der Waals surface area contributed by atoms with Gasteiger partial charge in [0.05, 0.1) is 18.1 Å². The number of nitrogens with one attached hydrogen (secondary N) is 1. The van der Waals surface area contributed by atoms with Crippen molar-refractivity contribution in [2.45, 2.75) is 19.3 Å². The third-order valence-electron chi connectivity index (χ3n) is 4.89. The fraction of sp³-hybridized carbons (Fsp3) is 0.350. The van der Waals surface area contributed by atoms with Gasteiger partial charge in [-0.2, -0.15) is 0 Å². The Kier molecular flexibility index (Phi) is 5.01. The van der Waals surface area contributed by atoms with Crippen LogP contribution in [0, 0.1) is 10.1 Å². The minimum Gasteiger partial charge on any atom is -0.490 e. The van der Waals surface area contributed by atoms with Gasteiger partial charge in [-0.05, 0) is 37.1 Å². The zero-order chi connectivity index (χ0) is 19.5. The topological polar surface area (TPSA) is 93.9 Å². The van der Waals surface area contributed by atoms with E-state index in [1.807, 2.05) is 4.90 Å². The molecular formula is C20H21N3O5. The van der Waals surface area contributed by atoms with Crippen molar-refractivity contribution in [2.24, 2.45) is 0 Å². The number of carbonyl (C=O) groups is 1. The molecule has 0 bridgehead atoms. The van der Waals surface area contributed by atoms with E-state index in [-0.39, 0.29) is 11.3 Å². The van der Waals surface area contributed by atoms with Gasteiger partial charge in [-0.3, -0.25) is 14.9 Å². The molecule has 2 heterocycles. The zero-order valence-corrected chi connectivity index (χ0v) is 15.3. The van der Waals surface area contributed by atoms with Gasteiger partial charge in [0, 0.05) is 42.9 Å². The number of nitro benzene ring substituents is 1. The summed E-state index contributed by atoms with van der Waals surface area (Å²) in [5, 5.41) is 14.3. The van der Waals surface area contributed by atoms with E-state index >= 15 is 0 Å². The van der Waals surface area contributed by atoms with Gasteiger partial charge in [-0.15, -0.1) is 0 Å². The van der Waals surface area contributed by atoms with Crippen LogP contribution in [0.2, 0.25) is 0 Å². The molecule has 8 nitrogen and oxygen atoms in total. The standard InChI is InChI=1S/C20H21N3O5/c24-20(21-15-5-7-18-19(13-15)28-11-3-10-27-18)14-4-6-16(17(12-14)23(25)26)22-8-1-2-9-22/h4-7,12-13H,1-3,8-11H2,(H,21,24). The first-order chi connectivity index (χ1) is 13.6. The summed E-state index contributed by atoms with van der Waals surface area (Å²) in [6.45, 7) is 2.73. The molecule has 2 aliphatic rings. The molecule has 0 saturated carbocycles. The Morgan fingerprint density at radius 1 is 1.00 bits per heavy atom. The molecule has 1 saturated heterocycles. The van der Waals surface area contributed by atoms with Crippen LogP contribution in [0.1, 0.15) is 29.6 Å². The number of amides is 1. The summed E-state index contributed by atoms with van der Waals surface area (Å²) in [6, 6.07) is 9.79. The molecular weight excluding hydrogens is 362 g/mol. The molecule has 146 valence electrons. The van der Waals surface area contributed by atoms with Gasteiger partial charge in [0.25, 0.3) is 11.6 Å². The number of rotatable bonds is 4. The van der Waals surface area contributed by atoms with Crippen LogP contribution in [0.3, 0.4) is 0 Å². The fourth-order valence-corrected chi connectivity index (χ4v) is 3.48. The first-order valence-electron chi connectivity index (χ1n) is 9.36. The summed E-state index contributed by atoms with van der Waals surface area (Å²) in [5.74, 6) is 0.803. The second kappa shape index (κ2) is 7.75. The lowest BCUT2D eigenvalue weighted by Crippen LogP contribution is -2.19. The Morgan fingerprint density at radius 2 is 1.75 bits per heavy atom. The first kappa shape index (κ1) is 18.1. The predicted octanol–water partition coefficient (Wildman–Crippen LogP) is 3.61. The van der Waals surface area contributed by atoms with E-state index in [1.165, 1.54) is 6.07 Å². The maximum atomic E-state index is 12.6. The van der Waals surface area contributed by atoms with Crippen LogP contribution in [0.25, 0.3) is 0 Å². The van der Waals surface area contributed by atoms with Gasteiger partial charge >= 0.3 is 0 Å². The van der Waals surface area contributed by atoms with Crippen molar-refractivity contribution in [3.8, 4) is 11.5 Å². The molecule has 2 aromatic rings. The van der Waals surface area contributed by atoms with Crippen LogP contribution in [0.15, 0.2) is 36.4 Å². The molecule has 0 atom stereocenters. The average molecular weight is 383 g/mol. The molecule has 1 N–H and O–H groups in total. The lowest BCUT2D eigenvalue weighted by Gasteiger charge is -2.18. The normalized spacial score (nSPS) is 15.8. The molecule has 2 aromatic carbocycles. The van der Waals surface area contributed by atoms with Crippen LogP contribution in [-0.2, 0) is 0 Å². The molecule has 1 amide bonds. The van der Waals surface area contributed by atoms with Crippen molar-refractivity contribution in [2.75, 3.05) is 36.5 Å². The van der Waals surface area contributed by atoms with E-state index in [0.717, 1.165) is 32.4 Å². The summed E-state index contributed by atoms with van der Waals surface area (Å²) in [4.78, 5) is 25.7. The maximum Gasteiger partial charge on any atom is 0.293 e. The molecule has 0 radical (unpaired) electrons. The lowest BCUT2D eigenvalue weighted by molar-refractivity contribution is -0.384. The number of carbonyl (C=O) groups excluding carboxylic acids is 1. The van der Waals surface area contributed by atoms with Crippen molar-refractivity contribution >= 4 is 23.0 Å². The van der Waals surface area contributed by atoms with E-state index < -0.39 is 10.8 Å². The highest BCUT2D eigenvalue weighted by Crippen LogP contribution is 2.34. The van der Waals surface area contributed by atoms with Gasteiger partial charge in [0.1, 0.15) is 5.69 Å².